The molecule has 0 fully saturated rings. The summed E-state index contributed by atoms with van der Waals surface area (Å²) in [4.78, 5) is 0. The molecule has 0 bridgehead atoms. The Kier molecular flexibility index (Phi) is 2.14. The molecule has 0 amide bonds. The summed E-state index contributed by atoms with van der Waals surface area (Å²) >= 11 is 0. The summed E-state index contributed by atoms with van der Waals surface area (Å²) < 4.78 is 0. The second-order valence-corrected chi connectivity index (χ2v) is 0.924. The van der Waals surface area contributed by atoms with Crippen LogP contribution in [0.4, 0.5) is 0 Å². The maximum atomic E-state index is 5.07. The van der Waals surface area contributed by atoms with Crippen LogP contribution in [0.15, 0.2) is 0 Å². The van der Waals surface area contributed by atoms with Gasteiger partial charge in [-0.25, -0.2) is 5.01 Å². The minimum absolute atomic E-state index is 1.50. The van der Waals surface area contributed by atoms with E-state index in [-0.39, 0.29) is 0 Å². The molecule has 2 N–H and O–H groups in total. The van der Waals surface area contributed by atoms with Crippen LogP contribution in [0, 0.1) is 6.54 Å². The number of nitrogens with two attached hydrogens (primary N) is 1. The van der Waals surface area contributed by atoms with Gasteiger partial charge >= 0.3 is 0 Å². The largest absolute Gasteiger partial charge is 0.269 e. The number of hydrazine groups is 1. The lowest BCUT2D eigenvalue weighted by Gasteiger charge is -1.99. The van der Waals surface area contributed by atoms with Crippen LogP contribution < -0.4 is 5.84 Å². The molecule has 0 rings (SSSR count). The van der Waals surface area contributed by atoms with E-state index in [2.05, 4.69) is 0 Å². The van der Waals surface area contributed by atoms with Gasteiger partial charge in [-0.1, -0.05) is 0 Å². The van der Waals surface area contributed by atoms with E-state index >= 15 is 0 Å². The molecule has 2 heteroatoms. The zero-order valence-electron chi connectivity index (χ0n) is 3.60. The smallest absolute Gasteiger partial charge is 0.0376 e. The van der Waals surface area contributed by atoms with Crippen LogP contribution in [-0.2, 0) is 0 Å². The van der Waals surface area contributed by atoms with E-state index in [0.29, 0.717) is 0 Å². The van der Waals surface area contributed by atoms with Gasteiger partial charge in [-0.2, -0.15) is 0 Å². The van der Waals surface area contributed by atoms with Crippen LogP contribution in [0.1, 0.15) is 6.92 Å². The Morgan fingerprint density at radius 3 is 2.00 bits per heavy atom. The van der Waals surface area contributed by atoms with Gasteiger partial charge in [0.25, 0.3) is 0 Å². The SMILES string of the molecule is C[CH]N(C)N. The third kappa shape index (κ3) is 3.92. The molecule has 2 nitrogen and oxygen atoms in total. The van der Waals surface area contributed by atoms with E-state index in [4.69, 9.17) is 5.84 Å². The van der Waals surface area contributed by atoms with Gasteiger partial charge in [0.2, 0.25) is 0 Å². The van der Waals surface area contributed by atoms with Crippen molar-refractivity contribution >= 4 is 0 Å². The quantitative estimate of drug-likeness (QED) is 0.349. The summed E-state index contributed by atoms with van der Waals surface area (Å²) in [6.45, 7) is 3.65. The first kappa shape index (κ1) is 4.92. The summed E-state index contributed by atoms with van der Waals surface area (Å²) in [5, 5.41) is 1.50. The fraction of sp³-hybridized carbons (Fsp3) is 0.667. The van der Waals surface area contributed by atoms with Gasteiger partial charge in [0.05, 0.1) is 0 Å². The van der Waals surface area contributed by atoms with Crippen LogP contribution in [0.25, 0.3) is 0 Å². The molecule has 0 heterocycles. The normalized spacial score (nSPS) is 9.60. The highest BCUT2D eigenvalue weighted by atomic mass is 15.4. The Labute approximate surface area is 32.5 Å². The van der Waals surface area contributed by atoms with E-state index in [9.17, 15) is 0 Å². The van der Waals surface area contributed by atoms with E-state index in [1.807, 2.05) is 6.92 Å². The number of rotatable bonds is 1. The number of hydrogen-bond donors (Lipinski definition) is 1. The fourth-order valence-corrected chi connectivity index (χ4v) is 0. The Hall–Kier alpha value is -0.0800. The molecule has 0 aromatic carbocycles. The molecule has 0 unspecified atom stereocenters. The average Bonchev–Trinajstić information content (AvgIpc) is 1.38. The maximum absolute atomic E-state index is 5.07. The van der Waals surface area contributed by atoms with E-state index in [0.717, 1.165) is 0 Å². The highest BCUT2D eigenvalue weighted by molar-refractivity contribution is 4.42. The molecular weight excluding hydrogens is 64.0 g/mol. The zero-order chi connectivity index (χ0) is 4.28. The molecule has 0 aliphatic rings. The molecule has 0 aromatic heterocycles. The summed E-state index contributed by atoms with van der Waals surface area (Å²) in [5.41, 5.74) is 0. The lowest BCUT2D eigenvalue weighted by Crippen LogP contribution is -2.20. The maximum Gasteiger partial charge on any atom is 0.0376 e. The van der Waals surface area contributed by atoms with E-state index < -0.39 is 0 Å². The van der Waals surface area contributed by atoms with Crippen molar-refractivity contribution < 1.29 is 0 Å². The van der Waals surface area contributed by atoms with Crippen molar-refractivity contribution in [2.24, 2.45) is 5.84 Å². The molecule has 0 saturated carbocycles. The zero-order valence-corrected chi connectivity index (χ0v) is 3.60. The van der Waals surface area contributed by atoms with Crippen molar-refractivity contribution in [1.82, 2.24) is 5.01 Å². The molecule has 0 atom stereocenters. The summed E-state index contributed by atoms with van der Waals surface area (Å²) in [6.07, 6.45) is 0. The van der Waals surface area contributed by atoms with Gasteiger partial charge in [-0.15, -0.1) is 0 Å². The third-order valence-corrected chi connectivity index (χ3v) is 0.407. The van der Waals surface area contributed by atoms with Crippen molar-refractivity contribution in [3.63, 3.8) is 0 Å². The Morgan fingerprint density at radius 1 is 1.80 bits per heavy atom. The van der Waals surface area contributed by atoms with Gasteiger partial charge in [0.1, 0.15) is 0 Å². The molecule has 1 radical (unpaired) electrons. The summed E-state index contributed by atoms with van der Waals surface area (Å²) in [6, 6.07) is 0. The highest BCUT2D eigenvalue weighted by Crippen LogP contribution is 1.67. The van der Waals surface area contributed by atoms with Crippen LogP contribution in [0.2, 0.25) is 0 Å². The predicted molar refractivity (Wildman–Crippen MR) is 21.9 cm³/mol. The minimum Gasteiger partial charge on any atom is -0.269 e. The lowest BCUT2D eigenvalue weighted by atomic mass is 10.8. The van der Waals surface area contributed by atoms with Gasteiger partial charge < -0.3 is 0 Å². The van der Waals surface area contributed by atoms with Crippen LogP contribution in [0.5, 0.6) is 0 Å². The second kappa shape index (κ2) is 2.18. The summed E-state index contributed by atoms with van der Waals surface area (Å²) in [5.74, 6) is 5.07. The number of nitrogens with zero attached hydrogens (tertiary/aromatic N) is 1. The van der Waals surface area contributed by atoms with Crippen LogP contribution >= 0.6 is 0 Å². The Bertz CT molecular complexity index is 18.9. The fourth-order valence-electron chi connectivity index (χ4n) is 0. The van der Waals surface area contributed by atoms with Crippen molar-refractivity contribution in [1.29, 1.82) is 0 Å². The first-order valence-electron chi connectivity index (χ1n) is 1.54. The molecule has 0 aliphatic carbocycles. The first-order valence-corrected chi connectivity index (χ1v) is 1.54. The predicted octanol–water partition coefficient (Wildman–Crippen LogP) is -0.0264. The Morgan fingerprint density at radius 2 is 2.00 bits per heavy atom. The van der Waals surface area contributed by atoms with Gasteiger partial charge in [0, 0.05) is 13.6 Å². The van der Waals surface area contributed by atoms with Crippen molar-refractivity contribution in [3.05, 3.63) is 6.54 Å². The standard InChI is InChI=1S/C3H9N2/c1-3-5(2)4/h3H,4H2,1-2H3. The third-order valence-electron chi connectivity index (χ3n) is 0.407. The van der Waals surface area contributed by atoms with E-state index in [1.165, 1.54) is 5.01 Å². The molecule has 0 aromatic rings. The lowest BCUT2D eigenvalue weighted by molar-refractivity contribution is 0.433. The van der Waals surface area contributed by atoms with Crippen LogP contribution in [0.3, 0.4) is 0 Å². The molecule has 31 valence electrons. The number of hydrogen-bond acceptors (Lipinski definition) is 2. The Balaban J connectivity index is 2.54. The van der Waals surface area contributed by atoms with Crippen molar-refractivity contribution in [2.75, 3.05) is 7.05 Å². The monoisotopic (exact) mass is 73.1 g/mol. The van der Waals surface area contributed by atoms with Gasteiger partial charge in [-0.05, 0) is 6.92 Å². The highest BCUT2D eigenvalue weighted by Gasteiger charge is 1.73. The van der Waals surface area contributed by atoms with Crippen molar-refractivity contribution in [2.45, 2.75) is 6.92 Å². The molecular formula is C3H9N2. The minimum atomic E-state index is 1.50. The van der Waals surface area contributed by atoms with Gasteiger partial charge in [-0.3, -0.25) is 5.84 Å². The second-order valence-electron chi connectivity index (χ2n) is 0.924. The van der Waals surface area contributed by atoms with E-state index in [1.54, 1.807) is 13.6 Å². The van der Waals surface area contributed by atoms with Gasteiger partial charge in [0.15, 0.2) is 0 Å². The molecule has 0 aliphatic heterocycles. The van der Waals surface area contributed by atoms with Crippen molar-refractivity contribution in [3.8, 4) is 0 Å². The van der Waals surface area contributed by atoms with Crippen LogP contribution in [-0.4, -0.2) is 12.1 Å². The molecule has 0 spiro atoms. The average molecular weight is 73.1 g/mol. The molecule has 0 saturated heterocycles. The molecule has 5 heavy (non-hydrogen) atoms. The topological polar surface area (TPSA) is 29.3 Å². The summed E-state index contributed by atoms with van der Waals surface area (Å²) in [7, 11) is 1.78. The first-order chi connectivity index (χ1) is 2.27.